The van der Waals surface area contributed by atoms with Crippen molar-refractivity contribution >= 4 is 5.91 Å². The molecule has 2 fully saturated rings. The fraction of sp³-hybridized carbons (Fsp3) is 0.474. The number of carbonyl (C=O) groups excluding carboxylic acids is 1. The number of aromatic amines is 1. The Morgan fingerprint density at radius 1 is 1.23 bits per heavy atom. The van der Waals surface area contributed by atoms with Crippen LogP contribution in [0.3, 0.4) is 0 Å². The SMILES string of the molecule is CCOc1ccc(-c2cc(C(=O)N3CCC4(CC3)OCCO4)[nH]n2)cc1. The van der Waals surface area contributed by atoms with Gasteiger partial charge in [-0.25, -0.2) is 0 Å². The first-order valence-electron chi connectivity index (χ1n) is 9.05. The molecule has 0 saturated carbocycles. The van der Waals surface area contributed by atoms with Crippen LogP contribution in [0.2, 0.25) is 0 Å². The van der Waals surface area contributed by atoms with E-state index >= 15 is 0 Å². The van der Waals surface area contributed by atoms with Gasteiger partial charge in [0, 0.05) is 31.5 Å². The first-order valence-corrected chi connectivity index (χ1v) is 9.05. The first kappa shape index (κ1) is 17.1. The number of likely N-dealkylation sites (tertiary alicyclic amines) is 1. The topological polar surface area (TPSA) is 76.7 Å². The number of nitrogens with zero attached hydrogens (tertiary/aromatic N) is 2. The average molecular weight is 357 g/mol. The second kappa shape index (κ2) is 7.09. The Balaban J connectivity index is 1.42. The van der Waals surface area contributed by atoms with Gasteiger partial charge in [0.2, 0.25) is 0 Å². The highest BCUT2D eigenvalue weighted by atomic mass is 16.7. The van der Waals surface area contributed by atoms with Crippen molar-refractivity contribution in [3.8, 4) is 17.0 Å². The number of nitrogens with one attached hydrogen (secondary N) is 1. The van der Waals surface area contributed by atoms with Crippen LogP contribution < -0.4 is 4.74 Å². The molecule has 1 spiro atoms. The fourth-order valence-electron chi connectivity index (χ4n) is 3.47. The molecule has 0 unspecified atom stereocenters. The van der Waals surface area contributed by atoms with E-state index in [4.69, 9.17) is 14.2 Å². The normalized spacial score (nSPS) is 19.0. The Labute approximate surface area is 152 Å². The highest BCUT2D eigenvalue weighted by Crippen LogP contribution is 2.31. The van der Waals surface area contributed by atoms with Crippen molar-refractivity contribution in [2.75, 3.05) is 32.9 Å². The molecule has 1 N–H and O–H groups in total. The summed E-state index contributed by atoms with van der Waals surface area (Å²) in [4.78, 5) is 14.6. The van der Waals surface area contributed by atoms with E-state index in [0.717, 1.165) is 17.0 Å². The van der Waals surface area contributed by atoms with Crippen LogP contribution in [0.25, 0.3) is 11.3 Å². The van der Waals surface area contributed by atoms with Crippen molar-refractivity contribution in [1.82, 2.24) is 15.1 Å². The fourth-order valence-corrected chi connectivity index (χ4v) is 3.47. The van der Waals surface area contributed by atoms with Crippen LogP contribution in [-0.4, -0.2) is 59.7 Å². The van der Waals surface area contributed by atoms with Crippen LogP contribution >= 0.6 is 0 Å². The number of piperidine rings is 1. The molecule has 2 aliphatic rings. The van der Waals surface area contributed by atoms with Gasteiger partial charge in [-0.05, 0) is 37.3 Å². The minimum absolute atomic E-state index is 0.0393. The third-order valence-electron chi connectivity index (χ3n) is 4.90. The van der Waals surface area contributed by atoms with E-state index in [1.807, 2.05) is 36.1 Å². The number of aromatic nitrogens is 2. The van der Waals surface area contributed by atoms with Crippen LogP contribution in [0, 0.1) is 0 Å². The molecule has 2 aliphatic heterocycles. The van der Waals surface area contributed by atoms with Gasteiger partial charge in [0.1, 0.15) is 11.4 Å². The van der Waals surface area contributed by atoms with E-state index in [0.29, 0.717) is 51.4 Å². The second-order valence-electron chi connectivity index (χ2n) is 6.52. The summed E-state index contributed by atoms with van der Waals surface area (Å²) in [6.07, 6.45) is 1.41. The lowest BCUT2D eigenvalue weighted by molar-refractivity contribution is -0.181. The maximum absolute atomic E-state index is 12.7. The van der Waals surface area contributed by atoms with E-state index in [1.54, 1.807) is 6.07 Å². The van der Waals surface area contributed by atoms with E-state index in [1.165, 1.54) is 0 Å². The predicted molar refractivity (Wildman–Crippen MR) is 95.0 cm³/mol. The van der Waals surface area contributed by atoms with Gasteiger partial charge in [-0.1, -0.05) is 0 Å². The summed E-state index contributed by atoms with van der Waals surface area (Å²) in [5, 5.41) is 7.15. The summed E-state index contributed by atoms with van der Waals surface area (Å²) >= 11 is 0. The Morgan fingerprint density at radius 2 is 1.92 bits per heavy atom. The number of benzene rings is 1. The molecule has 26 heavy (non-hydrogen) atoms. The number of rotatable bonds is 4. The van der Waals surface area contributed by atoms with Gasteiger partial charge in [0.15, 0.2) is 5.79 Å². The average Bonchev–Trinajstić information content (AvgIpc) is 3.33. The summed E-state index contributed by atoms with van der Waals surface area (Å²) in [5.41, 5.74) is 2.18. The highest BCUT2D eigenvalue weighted by molar-refractivity contribution is 5.93. The molecule has 0 bridgehead atoms. The van der Waals surface area contributed by atoms with Gasteiger partial charge in [0.25, 0.3) is 5.91 Å². The molecule has 3 heterocycles. The smallest absolute Gasteiger partial charge is 0.271 e. The number of hydrogen-bond acceptors (Lipinski definition) is 5. The van der Waals surface area contributed by atoms with Crippen molar-refractivity contribution in [2.45, 2.75) is 25.6 Å². The first-order chi connectivity index (χ1) is 12.7. The molecule has 1 amide bonds. The van der Waals surface area contributed by atoms with Crippen molar-refractivity contribution < 1.29 is 19.0 Å². The van der Waals surface area contributed by atoms with Crippen molar-refractivity contribution in [1.29, 1.82) is 0 Å². The van der Waals surface area contributed by atoms with Gasteiger partial charge in [-0.2, -0.15) is 5.10 Å². The summed E-state index contributed by atoms with van der Waals surface area (Å²) in [6, 6.07) is 9.48. The molecule has 0 radical (unpaired) electrons. The Bertz CT molecular complexity index is 755. The number of carbonyl (C=O) groups is 1. The zero-order valence-corrected chi connectivity index (χ0v) is 14.9. The number of amides is 1. The lowest BCUT2D eigenvalue weighted by Crippen LogP contribution is -2.47. The molecule has 7 heteroatoms. The minimum Gasteiger partial charge on any atom is -0.494 e. The molecular weight excluding hydrogens is 334 g/mol. The molecule has 0 atom stereocenters. The van der Waals surface area contributed by atoms with E-state index in [2.05, 4.69) is 10.2 Å². The van der Waals surface area contributed by atoms with Crippen LogP contribution in [-0.2, 0) is 9.47 Å². The molecule has 1 aromatic heterocycles. The Morgan fingerprint density at radius 3 is 2.58 bits per heavy atom. The van der Waals surface area contributed by atoms with Crippen LogP contribution in [0.4, 0.5) is 0 Å². The van der Waals surface area contributed by atoms with Gasteiger partial charge < -0.3 is 19.1 Å². The minimum atomic E-state index is -0.474. The highest BCUT2D eigenvalue weighted by Gasteiger charge is 2.41. The summed E-state index contributed by atoms with van der Waals surface area (Å²) < 4.78 is 16.9. The largest absolute Gasteiger partial charge is 0.494 e. The molecule has 1 aromatic carbocycles. The quantitative estimate of drug-likeness (QED) is 0.910. The third-order valence-corrected chi connectivity index (χ3v) is 4.90. The van der Waals surface area contributed by atoms with Crippen molar-refractivity contribution in [3.63, 3.8) is 0 Å². The third kappa shape index (κ3) is 3.32. The molecule has 138 valence electrons. The standard InChI is InChI=1S/C19H23N3O4/c1-2-24-15-5-3-14(4-6-15)16-13-17(21-20-16)18(23)22-9-7-19(8-10-22)25-11-12-26-19/h3-6,13H,2,7-12H2,1H3,(H,20,21). The van der Waals surface area contributed by atoms with Crippen molar-refractivity contribution in [2.24, 2.45) is 0 Å². The number of H-pyrrole nitrogens is 1. The summed E-state index contributed by atoms with van der Waals surface area (Å²) in [6.45, 7) is 5.10. The van der Waals surface area contributed by atoms with E-state index in [9.17, 15) is 4.79 Å². The zero-order chi connectivity index (χ0) is 18.0. The zero-order valence-electron chi connectivity index (χ0n) is 14.9. The molecule has 0 aliphatic carbocycles. The van der Waals surface area contributed by atoms with Crippen LogP contribution in [0.1, 0.15) is 30.3 Å². The Kier molecular flexibility index (Phi) is 4.65. The van der Waals surface area contributed by atoms with Gasteiger partial charge >= 0.3 is 0 Å². The van der Waals surface area contributed by atoms with Gasteiger partial charge in [-0.3, -0.25) is 9.89 Å². The number of ether oxygens (including phenoxy) is 3. The Hall–Kier alpha value is -2.38. The number of hydrogen-bond donors (Lipinski definition) is 1. The molecule has 2 saturated heterocycles. The monoisotopic (exact) mass is 357 g/mol. The van der Waals surface area contributed by atoms with Crippen LogP contribution in [0.15, 0.2) is 30.3 Å². The van der Waals surface area contributed by atoms with Crippen LogP contribution in [0.5, 0.6) is 5.75 Å². The lowest BCUT2D eigenvalue weighted by Gasteiger charge is -2.37. The summed E-state index contributed by atoms with van der Waals surface area (Å²) in [7, 11) is 0. The summed E-state index contributed by atoms with van der Waals surface area (Å²) in [5.74, 6) is 0.308. The second-order valence-corrected chi connectivity index (χ2v) is 6.52. The van der Waals surface area contributed by atoms with Crippen molar-refractivity contribution in [3.05, 3.63) is 36.0 Å². The lowest BCUT2D eigenvalue weighted by atomic mass is 10.0. The molecular formula is C19H23N3O4. The van der Waals surface area contributed by atoms with Gasteiger partial charge in [0.05, 0.1) is 25.5 Å². The predicted octanol–water partition coefficient (Wildman–Crippen LogP) is 2.45. The van der Waals surface area contributed by atoms with Gasteiger partial charge in [-0.15, -0.1) is 0 Å². The van der Waals surface area contributed by atoms with E-state index < -0.39 is 5.79 Å². The molecule has 2 aromatic rings. The maximum Gasteiger partial charge on any atom is 0.271 e. The maximum atomic E-state index is 12.7. The molecule has 7 nitrogen and oxygen atoms in total. The van der Waals surface area contributed by atoms with E-state index in [-0.39, 0.29) is 5.91 Å². The molecule has 4 rings (SSSR count).